The number of para-hydroxylation sites is 1. The Kier molecular flexibility index (Phi) is 2.49. The molecule has 1 amide bonds. The number of carbonyl (C=O) groups excluding carboxylic acids is 1. The molecule has 1 aliphatic rings. The molecule has 3 nitrogen and oxygen atoms in total. The molecular formula is C12H16N2O. The summed E-state index contributed by atoms with van der Waals surface area (Å²) in [5.41, 5.74) is 7.90. The zero-order valence-corrected chi connectivity index (χ0v) is 9.10. The molecule has 15 heavy (non-hydrogen) atoms. The van der Waals surface area contributed by atoms with E-state index in [9.17, 15) is 4.79 Å². The van der Waals surface area contributed by atoms with E-state index < -0.39 is 6.04 Å². The Morgan fingerprint density at radius 3 is 2.87 bits per heavy atom. The summed E-state index contributed by atoms with van der Waals surface area (Å²) in [6, 6.07) is 7.81. The highest BCUT2D eigenvalue weighted by atomic mass is 16.2. The number of carbonyl (C=O) groups is 1. The van der Waals surface area contributed by atoms with E-state index in [1.807, 2.05) is 23.1 Å². The van der Waals surface area contributed by atoms with E-state index >= 15 is 0 Å². The van der Waals surface area contributed by atoms with Gasteiger partial charge in [-0.3, -0.25) is 4.79 Å². The standard InChI is InChI=1S/C12H16N2O/c1-8-7-10-5-3-4-6-11(10)14(8)12(15)9(2)13/h3-6,8-9H,7,13H2,1-2H3/t8-,9-/m0/s1. The molecule has 0 bridgehead atoms. The highest BCUT2D eigenvalue weighted by Crippen LogP contribution is 2.31. The molecule has 0 unspecified atom stereocenters. The number of hydrogen-bond acceptors (Lipinski definition) is 2. The number of nitrogens with zero attached hydrogens (tertiary/aromatic N) is 1. The number of nitrogens with two attached hydrogens (primary N) is 1. The van der Waals surface area contributed by atoms with Crippen LogP contribution in [0.3, 0.4) is 0 Å². The van der Waals surface area contributed by atoms with E-state index in [0.29, 0.717) is 0 Å². The summed E-state index contributed by atoms with van der Waals surface area (Å²) >= 11 is 0. The van der Waals surface area contributed by atoms with Crippen LogP contribution in [0.1, 0.15) is 19.4 Å². The lowest BCUT2D eigenvalue weighted by atomic mass is 10.1. The fourth-order valence-electron chi connectivity index (χ4n) is 2.12. The van der Waals surface area contributed by atoms with Crippen molar-refractivity contribution in [2.24, 2.45) is 5.73 Å². The molecular weight excluding hydrogens is 188 g/mol. The summed E-state index contributed by atoms with van der Waals surface area (Å²) in [6.07, 6.45) is 0.925. The first-order chi connectivity index (χ1) is 7.11. The maximum Gasteiger partial charge on any atom is 0.243 e. The smallest absolute Gasteiger partial charge is 0.243 e. The molecule has 0 aromatic heterocycles. The summed E-state index contributed by atoms with van der Waals surface area (Å²) in [5.74, 6) is 0.00690. The van der Waals surface area contributed by atoms with Crippen molar-refractivity contribution in [3.63, 3.8) is 0 Å². The summed E-state index contributed by atoms with van der Waals surface area (Å²) in [5, 5.41) is 0. The Bertz CT molecular complexity index is 387. The molecule has 1 aromatic rings. The van der Waals surface area contributed by atoms with E-state index in [4.69, 9.17) is 5.73 Å². The van der Waals surface area contributed by atoms with Gasteiger partial charge < -0.3 is 10.6 Å². The molecule has 1 aliphatic heterocycles. The van der Waals surface area contributed by atoms with Crippen LogP contribution < -0.4 is 10.6 Å². The second-order valence-electron chi connectivity index (χ2n) is 4.18. The van der Waals surface area contributed by atoms with Crippen LogP contribution in [0.5, 0.6) is 0 Å². The average molecular weight is 204 g/mol. The first kappa shape index (κ1) is 10.2. The number of anilines is 1. The third kappa shape index (κ3) is 1.63. The number of amides is 1. The van der Waals surface area contributed by atoms with Gasteiger partial charge in [-0.05, 0) is 31.9 Å². The lowest BCUT2D eigenvalue weighted by Crippen LogP contribution is -2.45. The topological polar surface area (TPSA) is 46.3 Å². The van der Waals surface area contributed by atoms with Gasteiger partial charge in [0.2, 0.25) is 5.91 Å². The van der Waals surface area contributed by atoms with Crippen molar-refractivity contribution in [2.75, 3.05) is 4.90 Å². The summed E-state index contributed by atoms with van der Waals surface area (Å²) < 4.78 is 0. The quantitative estimate of drug-likeness (QED) is 0.749. The van der Waals surface area contributed by atoms with Crippen molar-refractivity contribution in [3.8, 4) is 0 Å². The predicted molar refractivity (Wildman–Crippen MR) is 60.7 cm³/mol. The Morgan fingerprint density at radius 2 is 2.20 bits per heavy atom. The van der Waals surface area contributed by atoms with Crippen LogP contribution in [0.25, 0.3) is 0 Å². The lowest BCUT2D eigenvalue weighted by Gasteiger charge is -2.24. The van der Waals surface area contributed by atoms with E-state index in [-0.39, 0.29) is 11.9 Å². The molecule has 3 heteroatoms. The molecule has 2 atom stereocenters. The van der Waals surface area contributed by atoms with Crippen molar-refractivity contribution in [2.45, 2.75) is 32.4 Å². The predicted octanol–water partition coefficient (Wildman–Crippen LogP) is 1.31. The monoisotopic (exact) mass is 204 g/mol. The van der Waals surface area contributed by atoms with Crippen molar-refractivity contribution in [1.29, 1.82) is 0 Å². The maximum atomic E-state index is 11.9. The fraction of sp³-hybridized carbons (Fsp3) is 0.417. The Labute approximate surface area is 89.9 Å². The van der Waals surface area contributed by atoms with Crippen molar-refractivity contribution < 1.29 is 4.79 Å². The van der Waals surface area contributed by atoms with Crippen LogP contribution in [-0.4, -0.2) is 18.0 Å². The van der Waals surface area contributed by atoms with Crippen LogP contribution in [0.2, 0.25) is 0 Å². The van der Waals surface area contributed by atoms with E-state index in [1.165, 1.54) is 5.56 Å². The van der Waals surface area contributed by atoms with Crippen LogP contribution in [0.15, 0.2) is 24.3 Å². The van der Waals surface area contributed by atoms with E-state index in [0.717, 1.165) is 12.1 Å². The first-order valence-electron chi connectivity index (χ1n) is 5.28. The van der Waals surface area contributed by atoms with Crippen LogP contribution >= 0.6 is 0 Å². The van der Waals surface area contributed by atoms with Gasteiger partial charge in [-0.1, -0.05) is 18.2 Å². The van der Waals surface area contributed by atoms with Crippen LogP contribution in [0.4, 0.5) is 5.69 Å². The molecule has 0 saturated carbocycles. The van der Waals surface area contributed by atoms with Gasteiger partial charge in [0.05, 0.1) is 6.04 Å². The minimum atomic E-state index is -0.432. The Hall–Kier alpha value is -1.35. The maximum absolute atomic E-state index is 11.9. The zero-order chi connectivity index (χ0) is 11.0. The molecule has 0 spiro atoms. The molecule has 1 heterocycles. The lowest BCUT2D eigenvalue weighted by molar-refractivity contribution is -0.119. The normalized spacial score (nSPS) is 21.3. The van der Waals surface area contributed by atoms with Gasteiger partial charge in [0, 0.05) is 11.7 Å². The number of hydrogen-bond donors (Lipinski definition) is 1. The largest absolute Gasteiger partial charge is 0.320 e. The molecule has 1 aromatic carbocycles. The highest BCUT2D eigenvalue weighted by Gasteiger charge is 2.31. The Balaban J connectivity index is 2.38. The number of rotatable bonds is 1. The van der Waals surface area contributed by atoms with Gasteiger partial charge in [-0.25, -0.2) is 0 Å². The van der Waals surface area contributed by atoms with Gasteiger partial charge in [0.1, 0.15) is 0 Å². The van der Waals surface area contributed by atoms with Crippen molar-refractivity contribution in [3.05, 3.63) is 29.8 Å². The molecule has 80 valence electrons. The minimum Gasteiger partial charge on any atom is -0.320 e. The highest BCUT2D eigenvalue weighted by molar-refractivity contribution is 5.99. The molecule has 0 radical (unpaired) electrons. The summed E-state index contributed by atoms with van der Waals surface area (Å²) in [7, 11) is 0. The number of benzene rings is 1. The Morgan fingerprint density at radius 1 is 1.53 bits per heavy atom. The van der Waals surface area contributed by atoms with Gasteiger partial charge in [-0.15, -0.1) is 0 Å². The van der Waals surface area contributed by atoms with Crippen LogP contribution in [0, 0.1) is 0 Å². The van der Waals surface area contributed by atoms with Gasteiger partial charge in [0.25, 0.3) is 0 Å². The van der Waals surface area contributed by atoms with Crippen molar-refractivity contribution in [1.82, 2.24) is 0 Å². The average Bonchev–Trinajstić information content (AvgIpc) is 2.52. The molecule has 2 rings (SSSR count). The van der Waals surface area contributed by atoms with Gasteiger partial charge in [0.15, 0.2) is 0 Å². The zero-order valence-electron chi connectivity index (χ0n) is 9.10. The third-order valence-electron chi connectivity index (χ3n) is 2.83. The van der Waals surface area contributed by atoms with Crippen molar-refractivity contribution >= 4 is 11.6 Å². The second-order valence-corrected chi connectivity index (χ2v) is 4.18. The van der Waals surface area contributed by atoms with E-state index in [1.54, 1.807) is 6.92 Å². The summed E-state index contributed by atoms with van der Waals surface area (Å²) in [4.78, 5) is 13.7. The summed E-state index contributed by atoms with van der Waals surface area (Å²) in [6.45, 7) is 3.79. The SMILES string of the molecule is C[C@H](N)C(=O)N1c2ccccc2C[C@@H]1C. The van der Waals surface area contributed by atoms with Gasteiger partial charge >= 0.3 is 0 Å². The fourth-order valence-corrected chi connectivity index (χ4v) is 2.12. The molecule has 0 aliphatic carbocycles. The number of fused-ring (bicyclic) bond motifs is 1. The van der Waals surface area contributed by atoms with E-state index in [2.05, 4.69) is 13.0 Å². The molecule has 0 fully saturated rings. The third-order valence-corrected chi connectivity index (χ3v) is 2.83. The van der Waals surface area contributed by atoms with Gasteiger partial charge in [-0.2, -0.15) is 0 Å². The minimum absolute atomic E-state index is 0.00690. The first-order valence-corrected chi connectivity index (χ1v) is 5.28. The molecule has 2 N–H and O–H groups in total. The molecule has 0 saturated heterocycles. The van der Waals surface area contributed by atoms with Crippen LogP contribution in [-0.2, 0) is 11.2 Å². The second kappa shape index (κ2) is 3.66.